The van der Waals surface area contributed by atoms with Gasteiger partial charge < -0.3 is 19.5 Å². The van der Waals surface area contributed by atoms with E-state index in [-0.39, 0.29) is 11.3 Å². The summed E-state index contributed by atoms with van der Waals surface area (Å²) in [5, 5.41) is 11.2. The average molecular weight is 508 g/mol. The lowest BCUT2D eigenvalue weighted by Crippen LogP contribution is -2.30. The Balaban J connectivity index is 1.77. The molecule has 1 N–H and O–H groups in total. The number of Topliss-reactive ketones (excluding diaryl/α,β-unsaturated/α-hetero) is 1. The highest BCUT2D eigenvalue weighted by molar-refractivity contribution is 6.46. The van der Waals surface area contributed by atoms with E-state index in [4.69, 9.17) is 9.47 Å². The number of nitrogens with zero attached hydrogens (tertiary/aromatic N) is 1. The summed E-state index contributed by atoms with van der Waals surface area (Å²) in [4.78, 5) is 28.0. The Hall–Kier alpha value is -3.28. The first-order valence-corrected chi connectivity index (χ1v) is 13.6. The first-order valence-electron chi connectivity index (χ1n) is 13.6. The minimum Gasteiger partial charge on any atom is -0.507 e. The van der Waals surface area contributed by atoms with Crippen LogP contribution in [0.15, 0.2) is 54.1 Å². The standard InChI is InChI=1S/C31H41NO5/c1-4-5-6-7-8-9-10-11-12-15-22-32-28(25-16-13-14-17-26(25)37-3)27(30(34)31(32)35)29(33)23-18-20-24(36-2)21-19-23/h13-14,16-21,28,33H,4-12,15,22H2,1-3H3/b29-27-. The third-order valence-electron chi connectivity index (χ3n) is 7.09. The van der Waals surface area contributed by atoms with E-state index in [0.29, 0.717) is 29.2 Å². The average Bonchev–Trinajstić information content (AvgIpc) is 3.18. The van der Waals surface area contributed by atoms with Gasteiger partial charge in [-0.05, 0) is 36.8 Å². The predicted octanol–water partition coefficient (Wildman–Crippen LogP) is 7.05. The van der Waals surface area contributed by atoms with E-state index in [1.807, 2.05) is 24.3 Å². The molecule has 2 aromatic rings. The lowest BCUT2D eigenvalue weighted by Gasteiger charge is -2.26. The third kappa shape index (κ3) is 7.15. The molecule has 0 spiro atoms. The van der Waals surface area contributed by atoms with E-state index in [0.717, 1.165) is 19.3 Å². The van der Waals surface area contributed by atoms with E-state index < -0.39 is 17.7 Å². The van der Waals surface area contributed by atoms with Gasteiger partial charge in [0.25, 0.3) is 11.7 Å². The molecule has 6 nitrogen and oxygen atoms in total. The molecule has 6 heteroatoms. The smallest absolute Gasteiger partial charge is 0.295 e. The molecular weight excluding hydrogens is 466 g/mol. The van der Waals surface area contributed by atoms with Crippen LogP contribution in [-0.4, -0.2) is 42.5 Å². The molecule has 1 unspecified atom stereocenters. The highest BCUT2D eigenvalue weighted by Crippen LogP contribution is 2.42. The fourth-order valence-corrected chi connectivity index (χ4v) is 5.00. The SMILES string of the molecule is CCCCCCCCCCCCN1C(=O)C(=O)/C(=C(\O)c2ccc(OC)cc2)C1c1ccccc1OC. The van der Waals surface area contributed by atoms with Gasteiger partial charge in [0, 0.05) is 17.7 Å². The molecule has 1 saturated heterocycles. The van der Waals surface area contributed by atoms with Gasteiger partial charge in [-0.1, -0.05) is 82.9 Å². The Kier molecular flexibility index (Phi) is 11.1. The molecular formula is C31H41NO5. The number of carbonyl (C=O) groups excluding carboxylic acids is 2. The zero-order valence-corrected chi connectivity index (χ0v) is 22.5. The van der Waals surface area contributed by atoms with E-state index in [1.54, 1.807) is 43.4 Å². The van der Waals surface area contributed by atoms with Gasteiger partial charge in [0.1, 0.15) is 17.3 Å². The van der Waals surface area contributed by atoms with Crippen molar-refractivity contribution in [3.05, 3.63) is 65.2 Å². The second-order valence-corrected chi connectivity index (χ2v) is 9.64. The van der Waals surface area contributed by atoms with Crippen molar-refractivity contribution in [1.29, 1.82) is 0 Å². The molecule has 1 fully saturated rings. The molecule has 1 amide bonds. The number of aliphatic hydroxyl groups excluding tert-OH is 1. The Morgan fingerprint density at radius 2 is 1.41 bits per heavy atom. The van der Waals surface area contributed by atoms with Crippen molar-refractivity contribution >= 4 is 17.4 Å². The molecule has 0 saturated carbocycles. The normalized spacial score (nSPS) is 16.8. The molecule has 0 aliphatic carbocycles. The minimum absolute atomic E-state index is 0.0896. The number of rotatable bonds is 15. The van der Waals surface area contributed by atoms with Crippen LogP contribution < -0.4 is 9.47 Å². The van der Waals surface area contributed by atoms with Crippen LogP contribution in [0.1, 0.15) is 88.3 Å². The van der Waals surface area contributed by atoms with Crippen molar-refractivity contribution in [3.8, 4) is 11.5 Å². The van der Waals surface area contributed by atoms with Crippen LogP contribution in [0.2, 0.25) is 0 Å². The maximum atomic E-state index is 13.2. The largest absolute Gasteiger partial charge is 0.507 e. The van der Waals surface area contributed by atoms with Crippen LogP contribution in [-0.2, 0) is 9.59 Å². The summed E-state index contributed by atoms with van der Waals surface area (Å²) in [7, 11) is 3.13. The molecule has 0 aromatic heterocycles. The zero-order valence-electron chi connectivity index (χ0n) is 22.5. The van der Waals surface area contributed by atoms with Crippen LogP contribution in [0.4, 0.5) is 0 Å². The molecule has 1 heterocycles. The van der Waals surface area contributed by atoms with Gasteiger partial charge in [0.2, 0.25) is 0 Å². The Morgan fingerprint density at radius 1 is 0.811 bits per heavy atom. The van der Waals surface area contributed by atoms with Crippen LogP contribution in [0, 0.1) is 0 Å². The molecule has 1 aliphatic heterocycles. The highest BCUT2D eigenvalue weighted by atomic mass is 16.5. The molecule has 37 heavy (non-hydrogen) atoms. The summed E-state index contributed by atoms with van der Waals surface area (Å²) < 4.78 is 10.8. The van der Waals surface area contributed by atoms with Crippen LogP contribution >= 0.6 is 0 Å². The van der Waals surface area contributed by atoms with Crippen molar-refractivity contribution < 1.29 is 24.2 Å². The second kappa shape index (κ2) is 14.5. The predicted molar refractivity (Wildman–Crippen MR) is 147 cm³/mol. The number of ketones is 1. The summed E-state index contributed by atoms with van der Waals surface area (Å²) >= 11 is 0. The number of aliphatic hydroxyl groups is 1. The first-order chi connectivity index (χ1) is 18.0. The zero-order chi connectivity index (χ0) is 26.6. The van der Waals surface area contributed by atoms with Crippen LogP contribution in [0.25, 0.3) is 5.76 Å². The van der Waals surface area contributed by atoms with Crippen molar-refractivity contribution in [2.24, 2.45) is 0 Å². The van der Waals surface area contributed by atoms with Gasteiger partial charge in [-0.3, -0.25) is 9.59 Å². The second-order valence-electron chi connectivity index (χ2n) is 9.64. The Labute approximate surface area is 221 Å². The fraction of sp³-hybridized carbons (Fsp3) is 0.484. The van der Waals surface area contributed by atoms with Crippen molar-refractivity contribution in [2.75, 3.05) is 20.8 Å². The lowest BCUT2D eigenvalue weighted by atomic mass is 9.94. The number of likely N-dealkylation sites (tertiary alicyclic amines) is 1. The number of hydrogen-bond donors (Lipinski definition) is 1. The molecule has 0 radical (unpaired) electrons. The number of benzene rings is 2. The molecule has 1 atom stereocenters. The third-order valence-corrected chi connectivity index (χ3v) is 7.09. The summed E-state index contributed by atoms with van der Waals surface area (Å²) in [5.74, 6) is -0.233. The Morgan fingerprint density at radius 3 is 2.00 bits per heavy atom. The summed E-state index contributed by atoms with van der Waals surface area (Å²) in [5.41, 5.74) is 1.23. The fourth-order valence-electron chi connectivity index (χ4n) is 5.00. The minimum atomic E-state index is -0.711. The number of para-hydroxylation sites is 1. The number of methoxy groups -OCH3 is 2. The van der Waals surface area contributed by atoms with Crippen molar-refractivity contribution in [3.63, 3.8) is 0 Å². The summed E-state index contributed by atoms with van der Waals surface area (Å²) in [6.07, 6.45) is 11.9. The molecule has 2 aromatic carbocycles. The van der Waals surface area contributed by atoms with Crippen molar-refractivity contribution in [2.45, 2.75) is 77.2 Å². The quantitative estimate of drug-likeness (QED) is 0.121. The molecule has 200 valence electrons. The van der Waals surface area contributed by atoms with Crippen LogP contribution in [0.5, 0.6) is 11.5 Å². The first kappa shape index (κ1) is 28.3. The molecule has 3 rings (SSSR count). The highest BCUT2D eigenvalue weighted by Gasteiger charge is 2.46. The van der Waals surface area contributed by atoms with E-state index in [9.17, 15) is 14.7 Å². The van der Waals surface area contributed by atoms with Gasteiger partial charge in [0.05, 0.1) is 25.8 Å². The molecule has 1 aliphatic rings. The van der Waals surface area contributed by atoms with E-state index in [1.165, 1.54) is 44.9 Å². The number of amides is 1. The van der Waals surface area contributed by atoms with Crippen LogP contribution in [0.3, 0.4) is 0 Å². The van der Waals surface area contributed by atoms with Gasteiger partial charge in [-0.15, -0.1) is 0 Å². The van der Waals surface area contributed by atoms with Gasteiger partial charge in [-0.25, -0.2) is 0 Å². The monoisotopic (exact) mass is 507 g/mol. The maximum absolute atomic E-state index is 13.2. The Bertz CT molecular complexity index is 1060. The number of carbonyl (C=O) groups is 2. The van der Waals surface area contributed by atoms with E-state index >= 15 is 0 Å². The number of unbranched alkanes of at least 4 members (excludes halogenated alkanes) is 9. The van der Waals surface area contributed by atoms with Gasteiger partial charge in [0.15, 0.2) is 0 Å². The maximum Gasteiger partial charge on any atom is 0.295 e. The van der Waals surface area contributed by atoms with Gasteiger partial charge >= 0.3 is 0 Å². The van der Waals surface area contributed by atoms with E-state index in [2.05, 4.69) is 6.92 Å². The van der Waals surface area contributed by atoms with Gasteiger partial charge in [-0.2, -0.15) is 0 Å². The molecule has 0 bridgehead atoms. The number of ether oxygens (including phenoxy) is 2. The van der Waals surface area contributed by atoms with Crippen molar-refractivity contribution in [1.82, 2.24) is 4.90 Å². The number of hydrogen-bond acceptors (Lipinski definition) is 5. The lowest BCUT2D eigenvalue weighted by molar-refractivity contribution is -0.139. The summed E-state index contributed by atoms with van der Waals surface area (Å²) in [6, 6.07) is 13.4. The topological polar surface area (TPSA) is 76.1 Å². The summed E-state index contributed by atoms with van der Waals surface area (Å²) in [6.45, 7) is 2.68.